The lowest BCUT2D eigenvalue weighted by atomic mass is 10.1. The van der Waals surface area contributed by atoms with Gasteiger partial charge < -0.3 is 9.73 Å². The zero-order chi connectivity index (χ0) is 14.6. The average Bonchev–Trinajstić information content (AvgIpc) is 3.04. The highest BCUT2D eigenvalue weighted by molar-refractivity contribution is 5.08. The second-order valence-electron chi connectivity index (χ2n) is 6.79. The Labute approximate surface area is 122 Å². The molecule has 1 aliphatic rings. The Bertz CT molecular complexity index is 460. The van der Waals surface area contributed by atoms with E-state index in [1.807, 2.05) is 0 Å². The van der Waals surface area contributed by atoms with Gasteiger partial charge in [0.05, 0.1) is 19.6 Å². The molecule has 1 aromatic rings. The van der Waals surface area contributed by atoms with E-state index in [4.69, 9.17) is 10.8 Å². The van der Waals surface area contributed by atoms with Crippen LogP contribution in [0.25, 0.3) is 0 Å². The van der Waals surface area contributed by atoms with Gasteiger partial charge in [-0.3, -0.25) is 4.90 Å². The largest absolute Gasteiger partial charge is 0.463 e. The van der Waals surface area contributed by atoms with Gasteiger partial charge in [-0.2, -0.15) is 0 Å². The van der Waals surface area contributed by atoms with Gasteiger partial charge in [-0.25, -0.2) is 0 Å². The number of furan rings is 1. The molecule has 0 saturated heterocycles. The first-order chi connectivity index (χ1) is 9.46. The van der Waals surface area contributed by atoms with Gasteiger partial charge >= 0.3 is 0 Å². The summed E-state index contributed by atoms with van der Waals surface area (Å²) >= 11 is 0. The van der Waals surface area contributed by atoms with Gasteiger partial charge in [-0.15, -0.1) is 6.42 Å². The van der Waals surface area contributed by atoms with Crippen molar-refractivity contribution >= 4 is 0 Å². The summed E-state index contributed by atoms with van der Waals surface area (Å²) in [6.45, 7) is 9.84. The van der Waals surface area contributed by atoms with E-state index in [2.05, 4.69) is 49.0 Å². The summed E-state index contributed by atoms with van der Waals surface area (Å²) in [7, 11) is 0. The van der Waals surface area contributed by atoms with E-state index in [-0.39, 0.29) is 5.54 Å². The standard InChI is InChI=1S/C17H26N2O/c1-5-10-19(12-14-6-7-14)13-16-9-8-15(20-16)11-18-17(2,3)4/h1,8-9,14,18H,6-7,10-13H2,2-4H3. The molecule has 110 valence electrons. The van der Waals surface area contributed by atoms with Crippen LogP contribution in [0.3, 0.4) is 0 Å². The van der Waals surface area contributed by atoms with Crippen molar-refractivity contribution in [3.63, 3.8) is 0 Å². The summed E-state index contributed by atoms with van der Waals surface area (Å²) in [6.07, 6.45) is 8.14. The Morgan fingerprint density at radius 1 is 1.35 bits per heavy atom. The van der Waals surface area contributed by atoms with E-state index in [0.29, 0.717) is 6.54 Å². The van der Waals surface area contributed by atoms with E-state index < -0.39 is 0 Å². The van der Waals surface area contributed by atoms with Gasteiger partial charge in [0.1, 0.15) is 11.5 Å². The number of hydrogen-bond donors (Lipinski definition) is 1. The van der Waals surface area contributed by atoms with E-state index in [1.165, 1.54) is 12.8 Å². The van der Waals surface area contributed by atoms with Gasteiger partial charge in [-0.05, 0) is 51.7 Å². The Morgan fingerprint density at radius 3 is 2.65 bits per heavy atom. The van der Waals surface area contributed by atoms with Crippen LogP contribution in [-0.2, 0) is 13.1 Å². The molecule has 0 aromatic carbocycles. The van der Waals surface area contributed by atoms with Crippen molar-refractivity contribution in [1.82, 2.24) is 10.2 Å². The van der Waals surface area contributed by atoms with Crippen LogP contribution in [0.15, 0.2) is 16.5 Å². The van der Waals surface area contributed by atoms with Crippen LogP contribution in [0.1, 0.15) is 45.1 Å². The molecule has 1 fully saturated rings. The molecule has 1 heterocycles. The Balaban J connectivity index is 1.85. The van der Waals surface area contributed by atoms with Gasteiger partial charge in [0.2, 0.25) is 0 Å². The summed E-state index contributed by atoms with van der Waals surface area (Å²) in [5.74, 6) is 5.59. The average molecular weight is 274 g/mol. The SMILES string of the molecule is C#CCN(Cc1ccc(CNC(C)(C)C)o1)CC1CC1. The minimum atomic E-state index is 0.106. The molecule has 20 heavy (non-hydrogen) atoms. The molecule has 0 radical (unpaired) electrons. The highest BCUT2D eigenvalue weighted by atomic mass is 16.3. The maximum absolute atomic E-state index is 5.89. The molecule has 1 N–H and O–H groups in total. The second kappa shape index (κ2) is 6.47. The van der Waals surface area contributed by atoms with Crippen LogP contribution in [0.4, 0.5) is 0 Å². The van der Waals surface area contributed by atoms with Crippen LogP contribution in [0, 0.1) is 18.3 Å². The lowest BCUT2D eigenvalue weighted by Crippen LogP contribution is -2.34. The van der Waals surface area contributed by atoms with Crippen LogP contribution in [0.2, 0.25) is 0 Å². The summed E-state index contributed by atoms with van der Waals surface area (Å²) in [6, 6.07) is 4.12. The van der Waals surface area contributed by atoms with E-state index in [0.717, 1.165) is 37.1 Å². The van der Waals surface area contributed by atoms with Gasteiger partial charge in [0.25, 0.3) is 0 Å². The first kappa shape index (κ1) is 15.2. The topological polar surface area (TPSA) is 28.4 Å². The predicted octanol–water partition coefficient (Wildman–Crippen LogP) is 3.01. The normalized spacial score (nSPS) is 15.6. The van der Waals surface area contributed by atoms with Crippen molar-refractivity contribution in [2.75, 3.05) is 13.1 Å². The van der Waals surface area contributed by atoms with E-state index >= 15 is 0 Å². The smallest absolute Gasteiger partial charge is 0.118 e. The molecular formula is C17H26N2O. The molecular weight excluding hydrogens is 248 g/mol. The fourth-order valence-corrected chi connectivity index (χ4v) is 2.15. The van der Waals surface area contributed by atoms with Gasteiger partial charge in [0, 0.05) is 12.1 Å². The maximum atomic E-state index is 5.89. The number of nitrogens with one attached hydrogen (secondary N) is 1. The fourth-order valence-electron chi connectivity index (χ4n) is 2.15. The molecule has 0 bridgehead atoms. The lowest BCUT2D eigenvalue weighted by Gasteiger charge is -2.19. The number of rotatable bonds is 7. The highest BCUT2D eigenvalue weighted by Gasteiger charge is 2.24. The Hall–Kier alpha value is -1.24. The summed E-state index contributed by atoms with van der Waals surface area (Å²) in [4.78, 5) is 2.30. The third kappa shape index (κ3) is 5.40. The lowest BCUT2D eigenvalue weighted by molar-refractivity contribution is 0.256. The minimum absolute atomic E-state index is 0.106. The summed E-state index contributed by atoms with van der Waals surface area (Å²) in [5.41, 5.74) is 0.106. The van der Waals surface area contributed by atoms with Crippen LogP contribution in [-0.4, -0.2) is 23.5 Å². The number of hydrogen-bond acceptors (Lipinski definition) is 3. The molecule has 1 aliphatic carbocycles. The molecule has 3 nitrogen and oxygen atoms in total. The Morgan fingerprint density at radius 2 is 2.05 bits per heavy atom. The molecule has 1 aromatic heterocycles. The molecule has 0 unspecified atom stereocenters. The fraction of sp³-hybridized carbons (Fsp3) is 0.647. The van der Waals surface area contributed by atoms with Crippen molar-refractivity contribution < 1.29 is 4.42 Å². The summed E-state index contributed by atoms with van der Waals surface area (Å²) < 4.78 is 5.89. The highest BCUT2D eigenvalue weighted by Crippen LogP contribution is 2.30. The zero-order valence-electron chi connectivity index (χ0n) is 12.9. The monoisotopic (exact) mass is 274 g/mol. The maximum Gasteiger partial charge on any atom is 0.118 e. The van der Waals surface area contributed by atoms with Gasteiger partial charge in [-0.1, -0.05) is 5.92 Å². The van der Waals surface area contributed by atoms with Crippen molar-refractivity contribution in [3.05, 3.63) is 23.7 Å². The van der Waals surface area contributed by atoms with Crippen molar-refractivity contribution in [3.8, 4) is 12.3 Å². The predicted molar refractivity (Wildman–Crippen MR) is 82.1 cm³/mol. The second-order valence-corrected chi connectivity index (χ2v) is 6.79. The molecule has 2 rings (SSSR count). The first-order valence-electron chi connectivity index (χ1n) is 7.45. The van der Waals surface area contributed by atoms with Crippen molar-refractivity contribution in [2.24, 2.45) is 5.92 Å². The van der Waals surface area contributed by atoms with Crippen molar-refractivity contribution in [1.29, 1.82) is 0 Å². The van der Waals surface area contributed by atoms with Crippen LogP contribution < -0.4 is 5.32 Å². The third-order valence-corrected chi connectivity index (χ3v) is 3.42. The number of nitrogens with zero attached hydrogens (tertiary/aromatic N) is 1. The summed E-state index contributed by atoms with van der Waals surface area (Å²) in [5, 5.41) is 3.43. The van der Waals surface area contributed by atoms with Crippen molar-refractivity contribution in [2.45, 2.75) is 52.2 Å². The quantitative estimate of drug-likeness (QED) is 0.775. The Kier molecular flexibility index (Phi) is 4.91. The zero-order valence-corrected chi connectivity index (χ0v) is 12.9. The molecule has 1 saturated carbocycles. The van der Waals surface area contributed by atoms with E-state index in [9.17, 15) is 0 Å². The van der Waals surface area contributed by atoms with Crippen LogP contribution in [0.5, 0.6) is 0 Å². The third-order valence-electron chi connectivity index (χ3n) is 3.42. The number of terminal acetylenes is 1. The first-order valence-corrected chi connectivity index (χ1v) is 7.45. The molecule has 0 amide bonds. The van der Waals surface area contributed by atoms with Crippen LogP contribution >= 0.6 is 0 Å². The molecule has 0 spiro atoms. The molecule has 3 heteroatoms. The molecule has 0 atom stereocenters. The van der Waals surface area contributed by atoms with Gasteiger partial charge in [0.15, 0.2) is 0 Å². The van der Waals surface area contributed by atoms with E-state index in [1.54, 1.807) is 0 Å². The minimum Gasteiger partial charge on any atom is -0.463 e. The molecule has 0 aliphatic heterocycles.